The fourth-order valence-electron chi connectivity index (χ4n) is 9.99. The van der Waals surface area contributed by atoms with E-state index in [9.17, 15) is 19.2 Å². The molecule has 0 bridgehead atoms. The molecule has 3 aromatic heterocycles. The van der Waals surface area contributed by atoms with Crippen LogP contribution in [0.15, 0.2) is 53.5 Å². The summed E-state index contributed by atoms with van der Waals surface area (Å²) in [4.78, 5) is 66.3. The number of halogens is 1. The van der Waals surface area contributed by atoms with E-state index in [1.807, 2.05) is 43.8 Å². The van der Waals surface area contributed by atoms with Crippen molar-refractivity contribution >= 4 is 74.3 Å². The first-order chi connectivity index (χ1) is 29.9. The Labute approximate surface area is 364 Å². The van der Waals surface area contributed by atoms with Crippen LogP contribution in [0.5, 0.6) is 5.75 Å². The molecule has 16 nitrogen and oxygen atoms in total. The Morgan fingerprint density at radius 2 is 1.79 bits per heavy atom. The molecule has 3 amide bonds. The number of hydrogen-bond donors (Lipinski definition) is 3. The first-order valence-electron chi connectivity index (χ1n) is 21.7. The lowest BCUT2D eigenvalue weighted by Gasteiger charge is -2.55. The highest BCUT2D eigenvalue weighted by Crippen LogP contribution is 2.49. The number of aromatic nitrogens is 5. The topological polar surface area (TPSA) is 172 Å². The number of carbonyl (C=O) groups is 3. The maximum absolute atomic E-state index is 13.3. The van der Waals surface area contributed by atoms with Gasteiger partial charge in [-0.2, -0.15) is 10.1 Å². The average molecular weight is 864 g/mol. The van der Waals surface area contributed by atoms with E-state index in [1.165, 1.54) is 38.4 Å². The van der Waals surface area contributed by atoms with Crippen molar-refractivity contribution < 1.29 is 19.1 Å². The molecule has 62 heavy (non-hydrogen) atoms. The minimum atomic E-state index is -0.410. The highest BCUT2D eigenvalue weighted by atomic mass is 35.5. The molecular weight excluding hydrogens is 810 g/mol. The van der Waals surface area contributed by atoms with Gasteiger partial charge in [-0.1, -0.05) is 23.7 Å². The fourth-order valence-corrected chi connectivity index (χ4v) is 10.1. The van der Waals surface area contributed by atoms with Gasteiger partial charge in [0.1, 0.15) is 5.02 Å². The first kappa shape index (κ1) is 41.6. The number of carbonyl (C=O) groups excluding carboxylic acids is 3. The van der Waals surface area contributed by atoms with Crippen LogP contribution in [0.25, 0.3) is 21.8 Å². The zero-order valence-electron chi connectivity index (χ0n) is 35.7. The van der Waals surface area contributed by atoms with Gasteiger partial charge in [0, 0.05) is 94.2 Å². The molecule has 17 heteroatoms. The zero-order valence-corrected chi connectivity index (χ0v) is 36.5. The van der Waals surface area contributed by atoms with E-state index in [2.05, 4.69) is 53.8 Å². The maximum Gasteiger partial charge on any atom is 0.293 e. The van der Waals surface area contributed by atoms with Crippen molar-refractivity contribution in [2.24, 2.45) is 18.4 Å². The molecule has 6 heterocycles. The molecule has 5 aromatic rings. The second kappa shape index (κ2) is 16.9. The molecule has 1 aliphatic carbocycles. The van der Waals surface area contributed by atoms with Crippen LogP contribution in [-0.4, -0.2) is 106 Å². The summed E-state index contributed by atoms with van der Waals surface area (Å²) in [7, 11) is 3.47. The normalized spacial score (nSPS) is 19.6. The van der Waals surface area contributed by atoms with Crippen LogP contribution in [0.2, 0.25) is 5.02 Å². The lowest BCUT2D eigenvalue weighted by atomic mass is 9.65. The average Bonchev–Trinajstić information content (AvgIpc) is 3.59. The van der Waals surface area contributed by atoms with Gasteiger partial charge in [-0.25, -0.2) is 4.98 Å². The van der Waals surface area contributed by atoms with E-state index >= 15 is 0 Å². The van der Waals surface area contributed by atoms with Crippen LogP contribution in [0.3, 0.4) is 0 Å². The minimum Gasteiger partial charge on any atom is -0.478 e. The van der Waals surface area contributed by atoms with E-state index in [-0.39, 0.29) is 41.7 Å². The number of aryl methyl sites for hydroxylation is 1. The van der Waals surface area contributed by atoms with Crippen molar-refractivity contribution in [3.05, 3.63) is 69.7 Å². The van der Waals surface area contributed by atoms with Gasteiger partial charge in [0.2, 0.25) is 17.8 Å². The number of ether oxygens (including phenoxy) is 1. The molecule has 1 unspecified atom stereocenters. The molecule has 326 valence electrons. The smallest absolute Gasteiger partial charge is 0.293 e. The van der Waals surface area contributed by atoms with Crippen molar-refractivity contribution in [2.75, 3.05) is 74.6 Å². The molecule has 1 saturated carbocycles. The third-order valence-electron chi connectivity index (χ3n) is 13.3. The molecular formula is C45H54ClN11O5. The Morgan fingerprint density at radius 3 is 2.52 bits per heavy atom. The van der Waals surface area contributed by atoms with Gasteiger partial charge in [-0.15, -0.1) is 0 Å². The van der Waals surface area contributed by atoms with Crippen molar-refractivity contribution in [3.8, 4) is 5.75 Å². The van der Waals surface area contributed by atoms with E-state index in [0.29, 0.717) is 41.0 Å². The summed E-state index contributed by atoms with van der Waals surface area (Å²) in [6, 6.07) is 13.5. The number of amides is 3. The molecule has 1 spiro atoms. The van der Waals surface area contributed by atoms with Crippen LogP contribution >= 0.6 is 11.6 Å². The molecule has 0 radical (unpaired) electrons. The molecule has 3 aliphatic heterocycles. The fraction of sp³-hybridized carbons (Fsp3) is 0.489. The Morgan fingerprint density at radius 1 is 1.02 bits per heavy atom. The van der Waals surface area contributed by atoms with Crippen LogP contribution in [0.4, 0.5) is 23.1 Å². The van der Waals surface area contributed by atoms with E-state index in [0.717, 1.165) is 79.0 Å². The second-order valence-corrected chi connectivity index (χ2v) is 18.2. The molecule has 9 rings (SSSR count). The highest BCUT2D eigenvalue weighted by Gasteiger charge is 2.46. The summed E-state index contributed by atoms with van der Waals surface area (Å²) >= 11 is 6.63. The first-order valence-corrected chi connectivity index (χ1v) is 22.1. The summed E-state index contributed by atoms with van der Waals surface area (Å²) < 4.78 is 9.20. The van der Waals surface area contributed by atoms with Gasteiger partial charge < -0.3 is 29.7 Å². The third kappa shape index (κ3) is 8.05. The molecule has 2 aromatic carbocycles. The summed E-state index contributed by atoms with van der Waals surface area (Å²) in [5.74, 6) is 0.697. The quantitative estimate of drug-likeness (QED) is 0.150. The number of pyridine rings is 1. The Bertz CT molecular complexity index is 2600. The predicted molar refractivity (Wildman–Crippen MR) is 240 cm³/mol. The number of fused-ring (bicyclic) bond motifs is 2. The third-order valence-corrected chi connectivity index (χ3v) is 13.6. The summed E-state index contributed by atoms with van der Waals surface area (Å²) in [5.41, 5.74) is 4.51. The van der Waals surface area contributed by atoms with Gasteiger partial charge >= 0.3 is 0 Å². The molecule has 3 N–H and O–H groups in total. The number of likely N-dealkylation sites (N-methyl/N-ethyl adjacent to an activating group) is 1. The molecule has 4 aliphatic rings. The van der Waals surface area contributed by atoms with Gasteiger partial charge in [0.25, 0.3) is 11.5 Å². The molecule has 4 fully saturated rings. The highest BCUT2D eigenvalue weighted by molar-refractivity contribution is 6.33. The Kier molecular flexibility index (Phi) is 11.3. The largest absolute Gasteiger partial charge is 0.478 e. The maximum atomic E-state index is 13.3. The molecule has 1 atom stereocenters. The number of nitrogens with zero attached hydrogens (tertiary/aromatic N) is 8. The lowest BCUT2D eigenvalue weighted by molar-refractivity contribution is -0.134. The van der Waals surface area contributed by atoms with Crippen molar-refractivity contribution in [3.63, 3.8) is 0 Å². The van der Waals surface area contributed by atoms with E-state index < -0.39 is 5.92 Å². The monoisotopic (exact) mass is 863 g/mol. The van der Waals surface area contributed by atoms with Gasteiger partial charge in [-0.05, 0) is 82.2 Å². The summed E-state index contributed by atoms with van der Waals surface area (Å²) in [6.07, 6.45) is 7.38. The standard InChI is InChI=1S/C45H54ClN11O5/c1-27(2)57-34-10-8-30(20-29(34)21-36(43(57)61)62-24-38(59)47-3)49-41-33(46)22-48-44(51-41)55-18-16-54(17-19-55)23-28-12-14-45(15-13-28)25-56(26-45)35-7-5-6-31-39(52-53(4)40(31)35)32-9-11-37(58)50-42(32)60/h5-8,10,20-22,27-28,32H,9,11-19,23-26H2,1-4H3,(H,47,59)(H,48,49,51)(H,50,58,60). The number of hydrogen-bond acceptors (Lipinski definition) is 12. The number of benzene rings is 2. The second-order valence-electron chi connectivity index (χ2n) is 17.8. The Balaban J connectivity index is 0.784. The van der Waals surface area contributed by atoms with Crippen LogP contribution in [0, 0.1) is 11.3 Å². The zero-order chi connectivity index (χ0) is 43.3. The van der Waals surface area contributed by atoms with Crippen LogP contribution < -0.4 is 36.0 Å². The van der Waals surface area contributed by atoms with Gasteiger partial charge in [0.05, 0.1) is 34.5 Å². The SMILES string of the molecule is CNC(=O)COc1cc2cc(Nc3nc(N4CCN(CC5CCC6(CC5)CN(c5cccc7c(C8CCC(=O)NC8=O)nn(C)c57)C6)CC4)ncc3Cl)ccc2n(C(C)C)c1=O. The Hall–Kier alpha value is -5.74. The van der Waals surface area contributed by atoms with Crippen molar-refractivity contribution in [1.82, 2.24) is 39.8 Å². The number of imide groups is 1. The number of nitrogens with one attached hydrogen (secondary N) is 3. The number of piperidine rings is 1. The van der Waals surface area contributed by atoms with Gasteiger partial charge in [0.15, 0.2) is 18.2 Å². The number of para-hydroxylation sites is 1. The summed E-state index contributed by atoms with van der Waals surface area (Å²) in [6.45, 7) is 10.3. The summed E-state index contributed by atoms with van der Waals surface area (Å²) in [5, 5.41) is 15.3. The van der Waals surface area contributed by atoms with E-state index in [1.54, 1.807) is 16.8 Å². The van der Waals surface area contributed by atoms with Crippen molar-refractivity contribution in [1.29, 1.82) is 0 Å². The number of piperazine rings is 1. The minimum absolute atomic E-state index is 0.104. The predicted octanol–water partition coefficient (Wildman–Crippen LogP) is 5.12. The molecule has 3 saturated heterocycles. The van der Waals surface area contributed by atoms with E-state index in [4.69, 9.17) is 26.4 Å². The van der Waals surface area contributed by atoms with Gasteiger partial charge in [-0.3, -0.25) is 34.1 Å². The van der Waals surface area contributed by atoms with Crippen molar-refractivity contribution in [2.45, 2.75) is 64.3 Å². The number of rotatable bonds is 11. The number of anilines is 4. The van der Waals surface area contributed by atoms with Crippen LogP contribution in [-0.2, 0) is 21.4 Å². The van der Waals surface area contributed by atoms with Crippen LogP contribution in [0.1, 0.15) is 70.0 Å². The lowest BCUT2D eigenvalue weighted by Crippen LogP contribution is -2.58.